The number of nitrogens with one attached hydrogen (secondary N) is 1. The zero-order valence-electron chi connectivity index (χ0n) is 15.3. The largest absolute Gasteiger partial charge is 0.495 e. The lowest BCUT2D eigenvalue weighted by Gasteiger charge is -2.38. The van der Waals surface area contributed by atoms with Crippen LogP contribution in [0.25, 0.3) is 0 Å². The van der Waals surface area contributed by atoms with Gasteiger partial charge in [-0.1, -0.05) is 12.1 Å². The normalized spacial score (nSPS) is 18.5. The third-order valence-corrected chi connectivity index (χ3v) is 5.03. The van der Waals surface area contributed by atoms with E-state index in [4.69, 9.17) is 14.2 Å². The molecule has 2 saturated heterocycles. The summed E-state index contributed by atoms with van der Waals surface area (Å²) in [7, 11) is 1.58. The fourth-order valence-electron chi connectivity index (χ4n) is 3.51. The van der Waals surface area contributed by atoms with E-state index in [1.165, 1.54) is 0 Å². The molecule has 1 spiro atoms. The van der Waals surface area contributed by atoms with Gasteiger partial charge in [0.15, 0.2) is 5.79 Å². The molecule has 3 heterocycles. The van der Waals surface area contributed by atoms with Gasteiger partial charge in [-0.05, 0) is 24.3 Å². The number of benzene rings is 1. The number of piperidine rings is 1. The molecule has 27 heavy (non-hydrogen) atoms. The fourth-order valence-corrected chi connectivity index (χ4v) is 3.51. The van der Waals surface area contributed by atoms with Crippen molar-refractivity contribution in [3.63, 3.8) is 0 Å². The summed E-state index contributed by atoms with van der Waals surface area (Å²) in [5.41, 5.74) is 1.13. The molecule has 0 bridgehead atoms. The molecule has 2 aliphatic rings. The lowest BCUT2D eigenvalue weighted by atomic mass is 10.0. The minimum Gasteiger partial charge on any atom is -0.495 e. The second-order valence-corrected chi connectivity index (χ2v) is 6.65. The first kappa shape index (κ1) is 17.8. The number of hydrogen-bond donors (Lipinski definition) is 1. The van der Waals surface area contributed by atoms with Crippen molar-refractivity contribution in [3.8, 4) is 5.75 Å². The van der Waals surface area contributed by atoms with Gasteiger partial charge in [0.25, 0.3) is 5.91 Å². The van der Waals surface area contributed by atoms with Crippen LogP contribution in [0.5, 0.6) is 5.75 Å². The van der Waals surface area contributed by atoms with Crippen LogP contribution in [0.2, 0.25) is 0 Å². The van der Waals surface area contributed by atoms with Gasteiger partial charge in [-0.15, -0.1) is 0 Å². The van der Waals surface area contributed by atoms with Crippen molar-refractivity contribution in [2.24, 2.45) is 0 Å². The standard InChI is InChI=1S/C20H23N3O4/c1-25-17-5-3-2-4-16(17)22-19(24)15-6-7-18(21-14-15)23-10-8-20(9-11-23)26-12-13-27-20/h2-7,14H,8-13H2,1H3,(H,22,24). The van der Waals surface area contributed by atoms with Crippen LogP contribution in [0.15, 0.2) is 42.6 Å². The second kappa shape index (κ2) is 7.54. The highest BCUT2D eigenvalue weighted by molar-refractivity contribution is 6.04. The van der Waals surface area contributed by atoms with Gasteiger partial charge in [0.05, 0.1) is 31.6 Å². The summed E-state index contributed by atoms with van der Waals surface area (Å²) in [5.74, 6) is 0.861. The number of amides is 1. The Kier molecular flexibility index (Phi) is 4.96. The van der Waals surface area contributed by atoms with Gasteiger partial charge in [-0.2, -0.15) is 0 Å². The Morgan fingerprint density at radius 2 is 1.89 bits per heavy atom. The average molecular weight is 369 g/mol. The smallest absolute Gasteiger partial charge is 0.257 e. The molecule has 7 heteroatoms. The molecule has 1 N–H and O–H groups in total. The minimum atomic E-state index is -0.398. The van der Waals surface area contributed by atoms with Crippen LogP contribution in [0.4, 0.5) is 11.5 Å². The first-order valence-electron chi connectivity index (χ1n) is 9.12. The van der Waals surface area contributed by atoms with Crippen molar-refractivity contribution in [2.45, 2.75) is 18.6 Å². The van der Waals surface area contributed by atoms with E-state index in [1.807, 2.05) is 18.2 Å². The van der Waals surface area contributed by atoms with Crippen LogP contribution in [0.3, 0.4) is 0 Å². The topological polar surface area (TPSA) is 72.9 Å². The Balaban J connectivity index is 1.39. The quantitative estimate of drug-likeness (QED) is 0.893. The van der Waals surface area contributed by atoms with Crippen LogP contribution in [-0.2, 0) is 9.47 Å². The molecule has 1 amide bonds. The van der Waals surface area contributed by atoms with E-state index in [0.717, 1.165) is 31.7 Å². The van der Waals surface area contributed by atoms with Gasteiger partial charge >= 0.3 is 0 Å². The number of carbonyl (C=O) groups is 1. The molecule has 0 aliphatic carbocycles. The fraction of sp³-hybridized carbons (Fsp3) is 0.400. The van der Waals surface area contributed by atoms with E-state index >= 15 is 0 Å². The summed E-state index contributed by atoms with van der Waals surface area (Å²) < 4.78 is 16.8. The number of ether oxygens (including phenoxy) is 3. The molecule has 2 aromatic rings. The molecule has 1 aromatic heterocycles. The summed E-state index contributed by atoms with van der Waals surface area (Å²) in [5, 5.41) is 2.86. The van der Waals surface area contributed by atoms with E-state index in [-0.39, 0.29) is 5.91 Å². The van der Waals surface area contributed by atoms with Crippen molar-refractivity contribution in [1.29, 1.82) is 0 Å². The van der Waals surface area contributed by atoms with Gasteiger partial charge in [0.2, 0.25) is 0 Å². The molecular weight excluding hydrogens is 346 g/mol. The maximum Gasteiger partial charge on any atom is 0.257 e. The highest BCUT2D eigenvalue weighted by atomic mass is 16.7. The molecule has 0 atom stereocenters. The summed E-state index contributed by atoms with van der Waals surface area (Å²) in [4.78, 5) is 19.2. The van der Waals surface area contributed by atoms with Crippen molar-refractivity contribution in [2.75, 3.05) is 43.6 Å². The predicted molar refractivity (Wildman–Crippen MR) is 101 cm³/mol. The predicted octanol–water partition coefficient (Wildman–Crippen LogP) is 2.69. The molecule has 142 valence electrons. The van der Waals surface area contributed by atoms with E-state index in [0.29, 0.717) is 30.2 Å². The Morgan fingerprint density at radius 1 is 1.15 bits per heavy atom. The summed E-state index contributed by atoms with van der Waals surface area (Å²) in [6, 6.07) is 11.0. The van der Waals surface area contributed by atoms with Gasteiger partial charge in [0, 0.05) is 32.1 Å². The number of methoxy groups -OCH3 is 1. The summed E-state index contributed by atoms with van der Waals surface area (Å²) in [6.07, 6.45) is 3.25. The third-order valence-electron chi connectivity index (χ3n) is 5.03. The van der Waals surface area contributed by atoms with Crippen LogP contribution >= 0.6 is 0 Å². The first-order valence-corrected chi connectivity index (χ1v) is 9.12. The van der Waals surface area contributed by atoms with E-state index < -0.39 is 5.79 Å². The van der Waals surface area contributed by atoms with E-state index in [1.54, 1.807) is 31.5 Å². The Hall–Kier alpha value is -2.64. The number of anilines is 2. The van der Waals surface area contributed by atoms with Crippen molar-refractivity contribution in [3.05, 3.63) is 48.2 Å². The number of rotatable bonds is 4. The van der Waals surface area contributed by atoms with Crippen LogP contribution < -0.4 is 15.0 Å². The minimum absolute atomic E-state index is 0.219. The summed E-state index contributed by atoms with van der Waals surface area (Å²) >= 11 is 0. The monoisotopic (exact) mass is 369 g/mol. The van der Waals surface area contributed by atoms with Crippen LogP contribution in [0, 0.1) is 0 Å². The SMILES string of the molecule is COc1ccccc1NC(=O)c1ccc(N2CCC3(CC2)OCCO3)nc1. The molecule has 1 aromatic carbocycles. The first-order chi connectivity index (χ1) is 13.2. The maximum absolute atomic E-state index is 12.5. The Labute approximate surface area is 158 Å². The maximum atomic E-state index is 12.5. The number of pyridine rings is 1. The van der Waals surface area contributed by atoms with Gasteiger partial charge < -0.3 is 24.4 Å². The van der Waals surface area contributed by atoms with Crippen molar-refractivity contribution < 1.29 is 19.0 Å². The number of hydrogen-bond acceptors (Lipinski definition) is 6. The zero-order chi connectivity index (χ0) is 18.7. The van der Waals surface area contributed by atoms with E-state index in [2.05, 4.69) is 15.2 Å². The summed E-state index contributed by atoms with van der Waals surface area (Å²) in [6.45, 7) is 2.99. The molecule has 0 saturated carbocycles. The van der Waals surface area contributed by atoms with Gasteiger partial charge in [-0.25, -0.2) is 4.98 Å². The van der Waals surface area contributed by atoms with Crippen molar-refractivity contribution >= 4 is 17.4 Å². The number of carbonyl (C=O) groups excluding carboxylic acids is 1. The molecule has 2 aliphatic heterocycles. The highest BCUT2D eigenvalue weighted by Crippen LogP contribution is 2.32. The second-order valence-electron chi connectivity index (χ2n) is 6.65. The Morgan fingerprint density at radius 3 is 2.56 bits per heavy atom. The lowest BCUT2D eigenvalue weighted by molar-refractivity contribution is -0.169. The highest BCUT2D eigenvalue weighted by Gasteiger charge is 2.40. The molecule has 0 unspecified atom stereocenters. The Bertz CT molecular complexity index is 793. The average Bonchev–Trinajstić information content (AvgIpc) is 3.17. The zero-order valence-corrected chi connectivity index (χ0v) is 15.3. The van der Waals surface area contributed by atoms with Crippen molar-refractivity contribution in [1.82, 2.24) is 4.98 Å². The molecule has 2 fully saturated rings. The van der Waals surface area contributed by atoms with Gasteiger partial charge in [-0.3, -0.25) is 4.79 Å². The molecule has 4 rings (SSSR count). The molecule has 7 nitrogen and oxygen atoms in total. The number of para-hydroxylation sites is 2. The van der Waals surface area contributed by atoms with E-state index in [9.17, 15) is 4.79 Å². The molecular formula is C20H23N3O4. The number of nitrogens with zero attached hydrogens (tertiary/aromatic N) is 2. The third kappa shape index (κ3) is 3.74. The lowest BCUT2D eigenvalue weighted by Crippen LogP contribution is -2.45. The van der Waals surface area contributed by atoms with Crippen LogP contribution in [-0.4, -0.2) is 50.1 Å². The van der Waals surface area contributed by atoms with Crippen LogP contribution in [0.1, 0.15) is 23.2 Å². The number of aromatic nitrogens is 1. The molecule has 0 radical (unpaired) electrons. The van der Waals surface area contributed by atoms with Gasteiger partial charge in [0.1, 0.15) is 11.6 Å².